The monoisotopic (exact) mass is 304 g/mol. The summed E-state index contributed by atoms with van der Waals surface area (Å²) in [5, 5.41) is 13.9. The van der Waals surface area contributed by atoms with Crippen molar-refractivity contribution in [2.24, 2.45) is 5.92 Å². The summed E-state index contributed by atoms with van der Waals surface area (Å²) in [6, 6.07) is 6.27. The summed E-state index contributed by atoms with van der Waals surface area (Å²) in [5.74, 6) is -0.0722. The Balaban J connectivity index is 1.70. The number of nitro groups is 1. The molecule has 2 fully saturated rings. The molecule has 118 valence electrons. The number of nitrogens with zero attached hydrogens (tertiary/aromatic N) is 1. The first-order valence-corrected chi connectivity index (χ1v) is 7.78. The van der Waals surface area contributed by atoms with Gasteiger partial charge in [0.1, 0.15) is 0 Å². The standard InChI is InChI=1S/C16H20N2O4/c1-2-14(10-4-3-5-11(8-10)18(20)21)17-16(19)13-9-12-6-7-15(13)22-12/h3-5,8,12-15H,2,6-7,9H2,1H3,(H,17,19)/t12-,13+,14+,15-/m1/s1. The smallest absolute Gasteiger partial charge is 0.269 e. The Hall–Kier alpha value is -1.95. The molecule has 4 atom stereocenters. The van der Waals surface area contributed by atoms with Gasteiger partial charge in [0.25, 0.3) is 5.69 Å². The molecule has 2 saturated heterocycles. The van der Waals surface area contributed by atoms with Gasteiger partial charge in [-0.1, -0.05) is 19.1 Å². The molecule has 3 rings (SSSR count). The number of hydrogen-bond donors (Lipinski definition) is 1. The molecule has 2 aliphatic rings. The van der Waals surface area contributed by atoms with Crippen LogP contribution in [-0.2, 0) is 9.53 Å². The van der Waals surface area contributed by atoms with Crippen LogP contribution in [0.3, 0.4) is 0 Å². The summed E-state index contributed by atoms with van der Waals surface area (Å²) in [6.45, 7) is 1.96. The number of benzene rings is 1. The van der Waals surface area contributed by atoms with Crippen molar-refractivity contribution in [3.8, 4) is 0 Å². The number of ether oxygens (including phenoxy) is 1. The number of rotatable bonds is 5. The van der Waals surface area contributed by atoms with Crippen LogP contribution >= 0.6 is 0 Å². The Morgan fingerprint density at radius 3 is 2.91 bits per heavy atom. The van der Waals surface area contributed by atoms with Crippen LogP contribution in [-0.4, -0.2) is 23.0 Å². The predicted molar refractivity (Wildman–Crippen MR) is 80.3 cm³/mol. The Labute approximate surface area is 129 Å². The van der Waals surface area contributed by atoms with Gasteiger partial charge in [0.05, 0.1) is 29.1 Å². The average Bonchev–Trinajstić information content (AvgIpc) is 3.15. The fourth-order valence-electron chi connectivity index (χ4n) is 3.47. The SMILES string of the molecule is CC[C@H](NC(=O)[C@H]1C[C@H]2CC[C@H]1O2)c1cccc([N+](=O)[O-])c1. The van der Waals surface area contributed by atoms with Gasteiger partial charge < -0.3 is 10.1 Å². The molecule has 0 aromatic heterocycles. The van der Waals surface area contributed by atoms with Crippen LogP contribution in [0.5, 0.6) is 0 Å². The lowest BCUT2D eigenvalue weighted by atomic mass is 9.88. The second-order valence-corrected chi connectivity index (χ2v) is 6.04. The molecule has 0 saturated carbocycles. The molecule has 0 unspecified atom stereocenters. The first-order valence-electron chi connectivity index (χ1n) is 7.78. The van der Waals surface area contributed by atoms with E-state index in [-0.39, 0.29) is 35.8 Å². The largest absolute Gasteiger partial charge is 0.374 e. The summed E-state index contributed by atoms with van der Waals surface area (Å²) in [6.07, 6.45) is 3.77. The summed E-state index contributed by atoms with van der Waals surface area (Å²) < 4.78 is 5.73. The Morgan fingerprint density at radius 1 is 1.50 bits per heavy atom. The lowest BCUT2D eigenvalue weighted by Gasteiger charge is -2.23. The highest BCUT2D eigenvalue weighted by Crippen LogP contribution is 2.39. The number of nitro benzene ring substituents is 1. The maximum absolute atomic E-state index is 12.5. The predicted octanol–water partition coefficient (Wildman–Crippen LogP) is 2.73. The quantitative estimate of drug-likeness (QED) is 0.670. The molecule has 6 heteroatoms. The normalized spacial score (nSPS) is 27.6. The van der Waals surface area contributed by atoms with E-state index in [4.69, 9.17) is 4.74 Å². The minimum Gasteiger partial charge on any atom is -0.374 e. The molecule has 0 spiro atoms. The van der Waals surface area contributed by atoms with E-state index in [0.29, 0.717) is 6.42 Å². The maximum Gasteiger partial charge on any atom is 0.269 e. The van der Waals surface area contributed by atoms with Crippen molar-refractivity contribution < 1.29 is 14.5 Å². The van der Waals surface area contributed by atoms with Crippen molar-refractivity contribution in [3.05, 3.63) is 39.9 Å². The molecule has 0 radical (unpaired) electrons. The number of fused-ring (bicyclic) bond motifs is 2. The Kier molecular flexibility index (Phi) is 4.11. The fraction of sp³-hybridized carbons (Fsp3) is 0.562. The molecule has 6 nitrogen and oxygen atoms in total. The second kappa shape index (κ2) is 6.04. The van der Waals surface area contributed by atoms with Gasteiger partial charge in [-0.05, 0) is 31.2 Å². The van der Waals surface area contributed by atoms with Gasteiger partial charge in [0, 0.05) is 12.1 Å². The first kappa shape index (κ1) is 15.0. The van der Waals surface area contributed by atoms with E-state index < -0.39 is 4.92 Å². The highest BCUT2D eigenvalue weighted by molar-refractivity contribution is 5.80. The molecule has 2 bridgehead atoms. The van der Waals surface area contributed by atoms with E-state index in [0.717, 1.165) is 24.8 Å². The number of non-ortho nitro benzene ring substituents is 1. The Morgan fingerprint density at radius 2 is 2.32 bits per heavy atom. The van der Waals surface area contributed by atoms with E-state index in [1.54, 1.807) is 6.07 Å². The zero-order chi connectivity index (χ0) is 15.7. The van der Waals surface area contributed by atoms with Gasteiger partial charge in [0.2, 0.25) is 5.91 Å². The average molecular weight is 304 g/mol. The molecule has 0 aliphatic carbocycles. The molecule has 1 amide bonds. The van der Waals surface area contributed by atoms with Crippen LogP contribution in [0.15, 0.2) is 24.3 Å². The number of nitrogens with one attached hydrogen (secondary N) is 1. The van der Waals surface area contributed by atoms with Gasteiger partial charge in [-0.3, -0.25) is 14.9 Å². The van der Waals surface area contributed by atoms with Crippen molar-refractivity contribution in [2.75, 3.05) is 0 Å². The van der Waals surface area contributed by atoms with E-state index >= 15 is 0 Å². The number of carbonyl (C=O) groups excluding carboxylic acids is 1. The maximum atomic E-state index is 12.5. The number of carbonyl (C=O) groups is 1. The topological polar surface area (TPSA) is 81.5 Å². The lowest BCUT2D eigenvalue weighted by Crippen LogP contribution is -2.38. The van der Waals surface area contributed by atoms with Crippen molar-refractivity contribution in [1.82, 2.24) is 5.32 Å². The second-order valence-electron chi connectivity index (χ2n) is 6.04. The van der Waals surface area contributed by atoms with Crippen LogP contribution in [0.2, 0.25) is 0 Å². The van der Waals surface area contributed by atoms with Crippen LogP contribution < -0.4 is 5.32 Å². The highest BCUT2D eigenvalue weighted by Gasteiger charge is 2.44. The molecular formula is C16H20N2O4. The molecule has 1 N–H and O–H groups in total. The molecular weight excluding hydrogens is 284 g/mol. The van der Waals surface area contributed by atoms with Crippen LogP contribution in [0.1, 0.15) is 44.2 Å². The van der Waals surface area contributed by atoms with E-state index in [1.165, 1.54) is 12.1 Å². The molecule has 1 aromatic carbocycles. The van der Waals surface area contributed by atoms with Gasteiger partial charge in [-0.15, -0.1) is 0 Å². The lowest BCUT2D eigenvalue weighted by molar-refractivity contribution is -0.384. The minimum absolute atomic E-state index is 0.00514. The highest BCUT2D eigenvalue weighted by atomic mass is 16.6. The van der Waals surface area contributed by atoms with Crippen molar-refractivity contribution in [2.45, 2.75) is 50.9 Å². The van der Waals surface area contributed by atoms with Gasteiger partial charge in [-0.2, -0.15) is 0 Å². The minimum atomic E-state index is -0.415. The molecule has 22 heavy (non-hydrogen) atoms. The zero-order valence-corrected chi connectivity index (χ0v) is 12.5. The van der Waals surface area contributed by atoms with E-state index in [2.05, 4.69) is 5.32 Å². The summed E-state index contributed by atoms with van der Waals surface area (Å²) >= 11 is 0. The number of amides is 1. The summed E-state index contributed by atoms with van der Waals surface area (Å²) in [5.41, 5.74) is 0.822. The van der Waals surface area contributed by atoms with Crippen LogP contribution in [0, 0.1) is 16.0 Å². The Bertz CT molecular complexity index is 589. The van der Waals surface area contributed by atoms with Gasteiger partial charge in [-0.25, -0.2) is 0 Å². The molecule has 1 aromatic rings. The van der Waals surface area contributed by atoms with Crippen molar-refractivity contribution in [1.29, 1.82) is 0 Å². The zero-order valence-electron chi connectivity index (χ0n) is 12.5. The van der Waals surface area contributed by atoms with E-state index in [1.807, 2.05) is 13.0 Å². The third kappa shape index (κ3) is 2.83. The summed E-state index contributed by atoms with van der Waals surface area (Å²) in [4.78, 5) is 22.9. The molecule has 2 heterocycles. The first-order chi connectivity index (χ1) is 10.6. The van der Waals surface area contributed by atoms with Gasteiger partial charge >= 0.3 is 0 Å². The molecule has 2 aliphatic heterocycles. The summed E-state index contributed by atoms with van der Waals surface area (Å²) in [7, 11) is 0. The third-order valence-corrected chi connectivity index (χ3v) is 4.65. The number of hydrogen-bond acceptors (Lipinski definition) is 4. The van der Waals surface area contributed by atoms with Gasteiger partial charge in [0.15, 0.2) is 0 Å². The van der Waals surface area contributed by atoms with Crippen molar-refractivity contribution in [3.63, 3.8) is 0 Å². The van der Waals surface area contributed by atoms with E-state index in [9.17, 15) is 14.9 Å². The van der Waals surface area contributed by atoms with Crippen molar-refractivity contribution >= 4 is 11.6 Å². The van der Waals surface area contributed by atoms with Crippen LogP contribution in [0.25, 0.3) is 0 Å². The fourth-order valence-corrected chi connectivity index (χ4v) is 3.47. The third-order valence-electron chi connectivity index (χ3n) is 4.65. The van der Waals surface area contributed by atoms with Crippen LogP contribution in [0.4, 0.5) is 5.69 Å².